The zero-order chi connectivity index (χ0) is 41.6. The number of aromatic nitrogens is 4. The number of aromatic amines is 1. The van der Waals surface area contributed by atoms with E-state index in [9.17, 15) is 24.0 Å². The molecule has 57 heavy (non-hydrogen) atoms. The topological polar surface area (TPSA) is 231 Å². The van der Waals surface area contributed by atoms with Gasteiger partial charge in [-0.15, -0.1) is 0 Å². The molecule has 2 aliphatic rings. The molecular formula is C38H54ClN11O7. The third kappa shape index (κ3) is 11.1. The standard InChI is InChI=1S/C34H42ClN11O7.2C2H6/c1-19-14-22(23(52-2)15-21(19)35)39-17-25(48)45-12-10-44(11-13-45)9-3-4-24(47)37-7-8-38-27-28(31(50)30(27)49)40-16-20-5-6-26(53-20)46-18-41-29-32(46)42-34(36)43-33(29)51;2*1-2/h3-4,14-15,18,20,26,38-40H,5-13,16-17H2,1-2H3,(H,37,47)(H3,36,42,43,51);2*1-2H3/b4-3+;;. The number of nitrogens with two attached hydrogens (primary N) is 1. The van der Waals surface area contributed by atoms with E-state index in [1.165, 1.54) is 12.4 Å². The van der Waals surface area contributed by atoms with Crippen LogP contribution in [0.25, 0.3) is 11.2 Å². The fraction of sp³-hybridized carbons (Fsp3) is 0.500. The van der Waals surface area contributed by atoms with Gasteiger partial charge in [0.15, 0.2) is 11.2 Å². The maximum Gasteiger partial charge on any atom is 0.280 e. The van der Waals surface area contributed by atoms with Gasteiger partial charge in [-0.05, 0) is 31.4 Å². The Bertz CT molecular complexity index is 2140. The number of benzene rings is 1. The number of halogens is 1. The van der Waals surface area contributed by atoms with Gasteiger partial charge in [0, 0.05) is 69.5 Å². The normalized spacial score (nSPS) is 16.8. The third-order valence-electron chi connectivity index (χ3n) is 9.26. The summed E-state index contributed by atoms with van der Waals surface area (Å²) in [7, 11) is 1.55. The summed E-state index contributed by atoms with van der Waals surface area (Å²) in [5.41, 5.74) is 6.43. The molecule has 310 valence electrons. The SMILES string of the molecule is CC.CC.COc1cc(Cl)c(C)cc1NCC(=O)N1CCN(C/C=C/C(=O)NCCNc2c(NCC3CCC(n4cnc5c(=O)[nH]c(N)nc54)O3)c(=O)c2=O)CC1. The number of carbonyl (C=O) groups is 2. The second-order valence-corrected chi connectivity index (χ2v) is 13.2. The summed E-state index contributed by atoms with van der Waals surface area (Å²) in [6.07, 6.45) is 5.29. The van der Waals surface area contributed by atoms with Crippen LogP contribution >= 0.6 is 11.6 Å². The average molecular weight is 812 g/mol. The van der Waals surface area contributed by atoms with Crippen LogP contribution in [-0.2, 0) is 14.3 Å². The molecule has 4 aromatic rings. The monoisotopic (exact) mass is 811 g/mol. The highest BCUT2D eigenvalue weighted by atomic mass is 35.5. The number of ether oxygens (including phenoxy) is 2. The summed E-state index contributed by atoms with van der Waals surface area (Å²) in [5, 5.41) is 12.5. The lowest BCUT2D eigenvalue weighted by atomic mass is 10.1. The highest BCUT2D eigenvalue weighted by Gasteiger charge is 2.30. The summed E-state index contributed by atoms with van der Waals surface area (Å²) < 4.78 is 13.1. The number of rotatable bonds is 15. The molecule has 2 atom stereocenters. The smallest absolute Gasteiger partial charge is 0.280 e. The quantitative estimate of drug-likeness (QED) is 0.0576. The number of aryl methyl sites for hydroxylation is 1. The predicted octanol–water partition coefficient (Wildman–Crippen LogP) is 2.45. The van der Waals surface area contributed by atoms with Crippen LogP contribution in [0.15, 0.2) is 45.0 Å². The summed E-state index contributed by atoms with van der Waals surface area (Å²) in [4.78, 5) is 76.4. The number of nitrogens with one attached hydrogen (secondary N) is 5. The summed E-state index contributed by atoms with van der Waals surface area (Å²) >= 11 is 6.17. The van der Waals surface area contributed by atoms with Crippen LogP contribution < -0.4 is 48.2 Å². The van der Waals surface area contributed by atoms with Crippen molar-refractivity contribution in [3.8, 4) is 5.75 Å². The Balaban J connectivity index is 0.00000174. The van der Waals surface area contributed by atoms with Crippen molar-refractivity contribution in [2.24, 2.45) is 0 Å². The largest absolute Gasteiger partial charge is 0.495 e. The first-order chi connectivity index (χ1) is 27.5. The van der Waals surface area contributed by atoms with E-state index in [0.29, 0.717) is 67.7 Å². The molecule has 18 nitrogen and oxygen atoms in total. The van der Waals surface area contributed by atoms with Gasteiger partial charge in [-0.3, -0.25) is 38.4 Å². The molecular weight excluding hydrogens is 758 g/mol. The lowest BCUT2D eigenvalue weighted by molar-refractivity contribution is -0.130. The molecule has 2 saturated heterocycles. The summed E-state index contributed by atoms with van der Waals surface area (Å²) in [6.45, 7) is 13.8. The predicted molar refractivity (Wildman–Crippen MR) is 223 cm³/mol. The van der Waals surface area contributed by atoms with Crippen LogP contribution in [0.3, 0.4) is 0 Å². The van der Waals surface area contributed by atoms with Crippen molar-refractivity contribution in [1.82, 2.24) is 34.6 Å². The van der Waals surface area contributed by atoms with Gasteiger partial charge in [0.05, 0.1) is 31.8 Å². The number of H-pyrrole nitrogens is 1. The van der Waals surface area contributed by atoms with Gasteiger partial charge in [-0.2, -0.15) is 4.98 Å². The van der Waals surface area contributed by atoms with E-state index in [2.05, 4.69) is 41.1 Å². The van der Waals surface area contributed by atoms with Crippen LogP contribution in [0.2, 0.25) is 5.02 Å². The lowest BCUT2D eigenvalue weighted by Gasteiger charge is -2.34. The minimum atomic E-state index is -0.627. The van der Waals surface area contributed by atoms with E-state index in [4.69, 9.17) is 26.8 Å². The second-order valence-electron chi connectivity index (χ2n) is 12.8. The van der Waals surface area contributed by atoms with E-state index in [-0.39, 0.29) is 66.9 Å². The third-order valence-corrected chi connectivity index (χ3v) is 9.66. The van der Waals surface area contributed by atoms with Crippen molar-refractivity contribution in [2.75, 3.05) is 87.7 Å². The average Bonchev–Trinajstić information content (AvgIpc) is 3.87. The molecule has 0 aliphatic carbocycles. The lowest BCUT2D eigenvalue weighted by Crippen LogP contribution is -2.50. The van der Waals surface area contributed by atoms with Gasteiger partial charge in [-0.25, -0.2) is 4.98 Å². The Morgan fingerprint density at radius 1 is 1.02 bits per heavy atom. The number of piperazine rings is 1. The van der Waals surface area contributed by atoms with Gasteiger partial charge >= 0.3 is 0 Å². The molecule has 7 N–H and O–H groups in total. The molecule has 0 spiro atoms. The molecule has 0 saturated carbocycles. The summed E-state index contributed by atoms with van der Waals surface area (Å²) in [6, 6.07) is 3.57. The van der Waals surface area contributed by atoms with E-state index < -0.39 is 22.6 Å². The number of hydrogen-bond donors (Lipinski definition) is 6. The van der Waals surface area contributed by atoms with E-state index in [1.807, 2.05) is 40.7 Å². The minimum absolute atomic E-state index is 0.0175. The first-order valence-electron chi connectivity index (χ1n) is 19.2. The Hall–Kier alpha value is -5.46. The van der Waals surface area contributed by atoms with Gasteiger partial charge in [0.25, 0.3) is 16.4 Å². The molecule has 6 rings (SSSR count). The molecule has 0 radical (unpaired) electrons. The number of carbonyl (C=O) groups excluding carboxylic acids is 2. The van der Waals surface area contributed by atoms with Crippen LogP contribution in [-0.4, -0.2) is 113 Å². The van der Waals surface area contributed by atoms with Crippen LogP contribution in [0.1, 0.15) is 52.3 Å². The van der Waals surface area contributed by atoms with E-state index in [1.54, 1.807) is 28.7 Å². The maximum absolute atomic E-state index is 12.8. The van der Waals surface area contributed by atoms with Crippen molar-refractivity contribution in [2.45, 2.75) is 59.8 Å². The maximum atomic E-state index is 12.8. The van der Waals surface area contributed by atoms with Crippen LogP contribution in [0, 0.1) is 6.92 Å². The van der Waals surface area contributed by atoms with Gasteiger partial charge in [0.1, 0.15) is 23.4 Å². The zero-order valence-corrected chi connectivity index (χ0v) is 34.1. The first kappa shape index (κ1) is 44.3. The molecule has 2 aromatic heterocycles. The summed E-state index contributed by atoms with van der Waals surface area (Å²) in [5.74, 6) is 0.246. The highest BCUT2D eigenvalue weighted by Crippen LogP contribution is 2.32. The van der Waals surface area contributed by atoms with Gasteiger partial charge in [0.2, 0.25) is 17.8 Å². The van der Waals surface area contributed by atoms with Crippen molar-refractivity contribution in [1.29, 1.82) is 0 Å². The zero-order valence-electron chi connectivity index (χ0n) is 33.4. The fourth-order valence-electron chi connectivity index (χ4n) is 6.31. The number of methoxy groups -OCH3 is 1. The number of nitrogens with zero attached hydrogens (tertiary/aromatic N) is 5. The molecule has 2 aromatic carbocycles. The molecule has 2 unspecified atom stereocenters. The van der Waals surface area contributed by atoms with Crippen LogP contribution in [0.4, 0.5) is 23.0 Å². The molecule has 0 bridgehead atoms. The molecule has 2 amide bonds. The first-order valence-corrected chi connectivity index (χ1v) is 19.6. The Labute approximate surface area is 335 Å². The molecule has 2 fully saturated rings. The number of amides is 2. The Kier molecular flexibility index (Phi) is 16.4. The Morgan fingerprint density at radius 3 is 2.42 bits per heavy atom. The van der Waals surface area contributed by atoms with Crippen LogP contribution in [0.5, 0.6) is 5.75 Å². The Morgan fingerprint density at radius 2 is 1.72 bits per heavy atom. The van der Waals surface area contributed by atoms with Gasteiger partial charge < -0.3 is 41.4 Å². The van der Waals surface area contributed by atoms with Crippen molar-refractivity contribution >= 4 is 57.6 Å². The van der Waals surface area contributed by atoms with Crippen molar-refractivity contribution < 1.29 is 19.1 Å². The second kappa shape index (κ2) is 21.2. The molecule has 19 heteroatoms. The number of nitrogen functional groups attached to an aromatic ring is 1. The minimum Gasteiger partial charge on any atom is -0.495 e. The van der Waals surface area contributed by atoms with Gasteiger partial charge in [-0.1, -0.05) is 45.4 Å². The number of imidazole rings is 1. The number of anilines is 4. The van der Waals surface area contributed by atoms with E-state index >= 15 is 0 Å². The van der Waals surface area contributed by atoms with Crippen molar-refractivity contribution in [3.05, 3.63) is 72.0 Å². The molecule has 2 aliphatic heterocycles. The van der Waals surface area contributed by atoms with E-state index in [0.717, 1.165) is 5.56 Å². The molecule has 4 heterocycles. The number of hydrogen-bond acceptors (Lipinski definition) is 14. The van der Waals surface area contributed by atoms with Crippen molar-refractivity contribution in [3.63, 3.8) is 0 Å². The fourth-order valence-corrected chi connectivity index (χ4v) is 6.47. The number of fused-ring (bicyclic) bond motifs is 1. The highest BCUT2D eigenvalue weighted by molar-refractivity contribution is 6.31.